The third-order valence-corrected chi connectivity index (χ3v) is 6.93. The van der Waals surface area contributed by atoms with Gasteiger partial charge >= 0.3 is 5.22 Å². The van der Waals surface area contributed by atoms with E-state index in [0.717, 1.165) is 0 Å². The highest BCUT2D eigenvalue weighted by Gasteiger charge is 2.26. The lowest BCUT2D eigenvalue weighted by molar-refractivity contribution is 0.459. The Balaban J connectivity index is 2.30. The maximum atomic E-state index is 12.1. The quantitative estimate of drug-likeness (QED) is 0.811. The van der Waals surface area contributed by atoms with Crippen molar-refractivity contribution in [1.29, 1.82) is 0 Å². The summed E-state index contributed by atoms with van der Waals surface area (Å²) in [7, 11) is -7.34. The van der Waals surface area contributed by atoms with Gasteiger partial charge in [-0.2, -0.15) is 4.98 Å². The van der Waals surface area contributed by atoms with Crippen LogP contribution in [0.1, 0.15) is 13.8 Å². The molecule has 21 heavy (non-hydrogen) atoms. The summed E-state index contributed by atoms with van der Waals surface area (Å²) in [5.74, 6) is -1.02. The lowest BCUT2D eigenvalue weighted by Crippen LogP contribution is -2.23. The number of nitrogens with two attached hydrogens (primary N) is 1. The van der Waals surface area contributed by atoms with E-state index >= 15 is 0 Å². The number of fused-ring (bicyclic) bond motifs is 1. The SMILES string of the molecule is CC(C)S(=O)(=O)CCS(=O)(=O)c1nc2cc(N)ccc2o1. The predicted octanol–water partition coefficient (Wildman–Crippen LogP) is 1.01. The molecular formula is C12H16N2O5S2. The average Bonchev–Trinajstić information content (AvgIpc) is 2.80. The minimum absolute atomic E-state index is 0.287. The summed E-state index contributed by atoms with van der Waals surface area (Å²) < 4.78 is 52.8. The number of hydrogen-bond acceptors (Lipinski definition) is 7. The summed E-state index contributed by atoms with van der Waals surface area (Å²) in [4.78, 5) is 3.86. The second-order valence-electron chi connectivity index (χ2n) is 4.94. The summed E-state index contributed by atoms with van der Waals surface area (Å²) in [5.41, 5.74) is 6.62. The summed E-state index contributed by atoms with van der Waals surface area (Å²) in [6.07, 6.45) is 0. The minimum atomic E-state index is -3.90. The van der Waals surface area contributed by atoms with Crippen LogP contribution >= 0.6 is 0 Å². The molecule has 116 valence electrons. The van der Waals surface area contributed by atoms with Gasteiger partial charge in [0.15, 0.2) is 15.4 Å². The molecule has 0 spiro atoms. The Kier molecular flexibility index (Phi) is 3.98. The first-order valence-electron chi connectivity index (χ1n) is 6.22. The first kappa shape index (κ1) is 15.8. The smallest absolute Gasteiger partial charge is 0.316 e. The molecule has 0 aliphatic carbocycles. The van der Waals surface area contributed by atoms with Gasteiger partial charge in [0.05, 0.1) is 16.8 Å². The Morgan fingerprint density at radius 2 is 1.86 bits per heavy atom. The largest absolute Gasteiger partial charge is 0.428 e. The molecule has 0 saturated carbocycles. The van der Waals surface area contributed by atoms with E-state index < -0.39 is 41.7 Å². The first-order valence-corrected chi connectivity index (χ1v) is 9.59. The number of benzene rings is 1. The van der Waals surface area contributed by atoms with Gasteiger partial charge in [0, 0.05) is 5.69 Å². The highest BCUT2D eigenvalue weighted by molar-refractivity contribution is 7.95. The van der Waals surface area contributed by atoms with Gasteiger partial charge in [0.2, 0.25) is 9.84 Å². The molecule has 2 aromatic rings. The van der Waals surface area contributed by atoms with Crippen molar-refractivity contribution in [3.05, 3.63) is 18.2 Å². The van der Waals surface area contributed by atoms with Crippen LogP contribution in [-0.2, 0) is 19.7 Å². The topological polar surface area (TPSA) is 120 Å². The van der Waals surface area contributed by atoms with Gasteiger partial charge in [-0.25, -0.2) is 16.8 Å². The Hall–Kier alpha value is -1.61. The molecule has 9 heteroatoms. The Labute approximate surface area is 123 Å². The fraction of sp³-hybridized carbons (Fsp3) is 0.417. The van der Waals surface area contributed by atoms with E-state index in [4.69, 9.17) is 10.2 Å². The van der Waals surface area contributed by atoms with Gasteiger partial charge in [0.25, 0.3) is 0 Å². The molecular weight excluding hydrogens is 316 g/mol. The van der Waals surface area contributed by atoms with E-state index in [1.54, 1.807) is 6.07 Å². The lowest BCUT2D eigenvalue weighted by atomic mass is 10.3. The molecule has 0 unspecified atom stereocenters. The van der Waals surface area contributed by atoms with Crippen molar-refractivity contribution in [2.75, 3.05) is 17.2 Å². The van der Waals surface area contributed by atoms with Crippen LogP contribution in [0.5, 0.6) is 0 Å². The number of rotatable bonds is 5. The van der Waals surface area contributed by atoms with E-state index in [9.17, 15) is 16.8 Å². The number of anilines is 1. The fourth-order valence-electron chi connectivity index (χ4n) is 1.61. The van der Waals surface area contributed by atoms with Crippen LogP contribution < -0.4 is 5.73 Å². The number of sulfone groups is 2. The van der Waals surface area contributed by atoms with E-state index in [2.05, 4.69) is 4.98 Å². The normalized spacial score (nSPS) is 13.1. The Morgan fingerprint density at radius 1 is 1.19 bits per heavy atom. The molecule has 1 aromatic heterocycles. The first-order chi connectivity index (χ1) is 9.62. The minimum Gasteiger partial charge on any atom is -0.428 e. The van der Waals surface area contributed by atoms with Crippen LogP contribution in [0.4, 0.5) is 5.69 Å². The predicted molar refractivity (Wildman–Crippen MR) is 79.4 cm³/mol. The van der Waals surface area contributed by atoms with E-state index in [0.29, 0.717) is 11.2 Å². The van der Waals surface area contributed by atoms with Crippen molar-refractivity contribution in [3.8, 4) is 0 Å². The van der Waals surface area contributed by atoms with Gasteiger partial charge in [-0.1, -0.05) is 0 Å². The van der Waals surface area contributed by atoms with Gasteiger partial charge in [-0.15, -0.1) is 0 Å². The van der Waals surface area contributed by atoms with Crippen LogP contribution in [0.2, 0.25) is 0 Å². The van der Waals surface area contributed by atoms with E-state index in [1.807, 2.05) is 0 Å². The Bertz CT molecular complexity index is 866. The number of oxazole rings is 1. The van der Waals surface area contributed by atoms with Crippen molar-refractivity contribution >= 4 is 36.5 Å². The van der Waals surface area contributed by atoms with Gasteiger partial charge in [-0.3, -0.25) is 0 Å². The second kappa shape index (κ2) is 5.30. The van der Waals surface area contributed by atoms with Crippen LogP contribution in [0.3, 0.4) is 0 Å². The maximum absolute atomic E-state index is 12.1. The molecule has 0 aliphatic heterocycles. The molecule has 0 radical (unpaired) electrons. The zero-order valence-electron chi connectivity index (χ0n) is 11.6. The maximum Gasteiger partial charge on any atom is 0.316 e. The molecule has 2 rings (SSSR count). The van der Waals surface area contributed by atoms with Crippen molar-refractivity contribution < 1.29 is 21.3 Å². The molecule has 7 nitrogen and oxygen atoms in total. The lowest BCUT2D eigenvalue weighted by Gasteiger charge is -2.06. The standard InChI is InChI=1S/C12H16N2O5S2/c1-8(2)20(15,16)5-6-21(17,18)12-14-10-7-9(13)3-4-11(10)19-12/h3-4,7-8H,5-6,13H2,1-2H3. The molecule has 0 atom stereocenters. The molecule has 0 bridgehead atoms. The fourth-order valence-corrected chi connectivity index (χ4v) is 4.51. The van der Waals surface area contributed by atoms with Crippen LogP contribution in [0.15, 0.2) is 27.8 Å². The summed E-state index contributed by atoms with van der Waals surface area (Å²) in [5, 5.41) is -1.11. The van der Waals surface area contributed by atoms with Crippen LogP contribution in [0.25, 0.3) is 11.1 Å². The third kappa shape index (κ3) is 3.35. The molecule has 0 saturated heterocycles. The van der Waals surface area contributed by atoms with Crippen molar-refractivity contribution in [2.24, 2.45) is 0 Å². The van der Waals surface area contributed by atoms with Crippen LogP contribution in [-0.4, -0.2) is 38.6 Å². The molecule has 0 fully saturated rings. The summed E-state index contributed by atoms with van der Waals surface area (Å²) >= 11 is 0. The number of nitrogens with zero attached hydrogens (tertiary/aromatic N) is 1. The molecule has 1 aromatic carbocycles. The molecule has 2 N–H and O–H groups in total. The van der Waals surface area contributed by atoms with E-state index in [-0.39, 0.29) is 5.58 Å². The summed E-state index contributed by atoms with van der Waals surface area (Å²) in [6, 6.07) is 4.57. The van der Waals surface area contributed by atoms with Gasteiger partial charge in [0.1, 0.15) is 5.52 Å². The number of nitrogen functional groups attached to an aromatic ring is 1. The monoisotopic (exact) mass is 332 g/mol. The molecule has 0 amide bonds. The highest BCUT2D eigenvalue weighted by atomic mass is 32.2. The van der Waals surface area contributed by atoms with Crippen molar-refractivity contribution in [2.45, 2.75) is 24.3 Å². The highest BCUT2D eigenvalue weighted by Crippen LogP contribution is 2.22. The van der Waals surface area contributed by atoms with Crippen LogP contribution in [0, 0.1) is 0 Å². The van der Waals surface area contributed by atoms with Gasteiger partial charge in [-0.05, 0) is 32.0 Å². The second-order valence-corrected chi connectivity index (χ2v) is 9.61. The summed E-state index contributed by atoms with van der Waals surface area (Å²) in [6.45, 7) is 3.01. The van der Waals surface area contributed by atoms with Gasteiger partial charge < -0.3 is 10.2 Å². The van der Waals surface area contributed by atoms with E-state index in [1.165, 1.54) is 26.0 Å². The Morgan fingerprint density at radius 3 is 2.48 bits per heavy atom. The zero-order valence-corrected chi connectivity index (χ0v) is 13.2. The number of hydrogen-bond donors (Lipinski definition) is 1. The average molecular weight is 332 g/mol. The third-order valence-electron chi connectivity index (χ3n) is 3.01. The molecule has 1 heterocycles. The van der Waals surface area contributed by atoms with Crippen molar-refractivity contribution in [1.82, 2.24) is 4.98 Å². The van der Waals surface area contributed by atoms with Crippen molar-refractivity contribution in [3.63, 3.8) is 0 Å². The molecule has 0 aliphatic rings. The zero-order chi connectivity index (χ0) is 15.8. The number of aromatic nitrogens is 1.